The SMILES string of the molecule is CCc1cc(OCC(=O)N(C)C)c(F)c(C(Nc2ccc(C(=N)N)cc2)c2nn(-c3ccccc3NC(=O)OC)c(=O)[nH]2)c1. The Balaban J connectivity index is 1.85. The number of nitrogen functional groups attached to an aromatic ring is 1. The van der Waals surface area contributed by atoms with Gasteiger partial charge in [-0.15, -0.1) is 5.10 Å². The molecule has 4 aromatic rings. The number of aromatic nitrogens is 3. The molecule has 0 aliphatic carbocycles. The van der Waals surface area contributed by atoms with Gasteiger partial charge in [0, 0.05) is 30.9 Å². The van der Waals surface area contributed by atoms with Crippen LogP contribution in [-0.4, -0.2) is 65.3 Å². The van der Waals surface area contributed by atoms with Gasteiger partial charge in [0.15, 0.2) is 24.0 Å². The quantitative estimate of drug-likeness (QED) is 0.128. The second-order valence-electron chi connectivity index (χ2n) is 9.86. The van der Waals surface area contributed by atoms with E-state index in [2.05, 4.69) is 25.5 Å². The predicted octanol–water partition coefficient (Wildman–Crippen LogP) is 3.39. The number of nitrogens with one attached hydrogen (secondary N) is 4. The Morgan fingerprint density at radius 1 is 1.16 bits per heavy atom. The Bertz CT molecular complexity index is 1730. The van der Waals surface area contributed by atoms with Gasteiger partial charge in [-0.05, 0) is 54.4 Å². The molecule has 4 rings (SSSR count). The number of halogens is 1. The molecule has 0 spiro atoms. The first-order valence-electron chi connectivity index (χ1n) is 13.5. The van der Waals surface area contributed by atoms with Crippen molar-refractivity contribution in [2.75, 3.05) is 38.4 Å². The highest BCUT2D eigenvalue weighted by atomic mass is 19.1. The summed E-state index contributed by atoms with van der Waals surface area (Å²) in [6.07, 6.45) is -0.225. The molecule has 0 fully saturated rings. The van der Waals surface area contributed by atoms with Crippen molar-refractivity contribution in [3.05, 3.63) is 99.5 Å². The van der Waals surface area contributed by atoms with Crippen LogP contribution in [0.2, 0.25) is 0 Å². The van der Waals surface area contributed by atoms with E-state index < -0.39 is 23.6 Å². The number of methoxy groups -OCH3 is 1. The summed E-state index contributed by atoms with van der Waals surface area (Å²) in [6, 6.07) is 15.1. The van der Waals surface area contributed by atoms with Crippen LogP contribution in [0, 0.1) is 11.2 Å². The molecule has 0 saturated carbocycles. The minimum Gasteiger partial charge on any atom is -0.481 e. The number of benzene rings is 3. The Labute approximate surface area is 252 Å². The summed E-state index contributed by atoms with van der Waals surface area (Å²) in [6.45, 7) is 1.51. The zero-order valence-electron chi connectivity index (χ0n) is 24.6. The van der Waals surface area contributed by atoms with Gasteiger partial charge < -0.3 is 25.4 Å². The number of anilines is 2. The molecular weight excluding hydrogens is 571 g/mol. The maximum absolute atomic E-state index is 16.2. The summed E-state index contributed by atoms with van der Waals surface area (Å²) in [5, 5.41) is 17.9. The van der Waals surface area contributed by atoms with Crippen LogP contribution in [0.4, 0.5) is 20.6 Å². The normalized spacial score (nSPS) is 11.4. The number of H-pyrrole nitrogens is 1. The highest BCUT2D eigenvalue weighted by Crippen LogP contribution is 2.33. The number of ether oxygens (including phenoxy) is 2. The van der Waals surface area contributed by atoms with Crippen LogP contribution in [-0.2, 0) is 16.0 Å². The second kappa shape index (κ2) is 13.5. The zero-order valence-corrected chi connectivity index (χ0v) is 24.6. The molecule has 14 heteroatoms. The van der Waals surface area contributed by atoms with Crippen LogP contribution < -0.4 is 26.8 Å². The van der Waals surface area contributed by atoms with Crippen molar-refractivity contribution in [1.29, 1.82) is 5.41 Å². The molecule has 1 aromatic heterocycles. The minimum absolute atomic E-state index is 0.0426. The first-order valence-corrected chi connectivity index (χ1v) is 13.5. The van der Waals surface area contributed by atoms with Crippen LogP contribution >= 0.6 is 0 Å². The highest BCUT2D eigenvalue weighted by molar-refractivity contribution is 5.95. The Hall–Kier alpha value is -5.66. The lowest BCUT2D eigenvalue weighted by atomic mass is 10.00. The zero-order chi connectivity index (χ0) is 32.0. The van der Waals surface area contributed by atoms with E-state index in [1.54, 1.807) is 68.7 Å². The van der Waals surface area contributed by atoms with Crippen LogP contribution in [0.3, 0.4) is 0 Å². The van der Waals surface area contributed by atoms with Crippen molar-refractivity contribution in [3.63, 3.8) is 0 Å². The van der Waals surface area contributed by atoms with Crippen LogP contribution in [0.5, 0.6) is 5.75 Å². The van der Waals surface area contributed by atoms with Crippen LogP contribution in [0.25, 0.3) is 5.69 Å². The Morgan fingerprint density at radius 2 is 1.86 bits per heavy atom. The number of nitrogens with zero attached hydrogens (tertiary/aromatic N) is 3. The van der Waals surface area contributed by atoms with E-state index >= 15 is 4.39 Å². The van der Waals surface area contributed by atoms with Gasteiger partial charge in [0.2, 0.25) is 0 Å². The first-order chi connectivity index (χ1) is 21.0. The second-order valence-corrected chi connectivity index (χ2v) is 9.86. The summed E-state index contributed by atoms with van der Waals surface area (Å²) in [5.41, 5.74) is 7.23. The minimum atomic E-state index is -1.06. The van der Waals surface area contributed by atoms with Gasteiger partial charge in [-0.25, -0.2) is 14.0 Å². The molecule has 0 aliphatic heterocycles. The van der Waals surface area contributed by atoms with E-state index in [0.29, 0.717) is 23.2 Å². The van der Waals surface area contributed by atoms with E-state index in [9.17, 15) is 14.4 Å². The van der Waals surface area contributed by atoms with Crippen molar-refractivity contribution in [1.82, 2.24) is 19.7 Å². The maximum Gasteiger partial charge on any atom is 0.411 e. The Kier molecular flexibility index (Phi) is 9.63. The smallest absolute Gasteiger partial charge is 0.411 e. The lowest BCUT2D eigenvalue weighted by Crippen LogP contribution is -2.28. The van der Waals surface area contributed by atoms with E-state index in [0.717, 1.165) is 4.68 Å². The number of hydrogen-bond acceptors (Lipinski definition) is 8. The number of likely N-dealkylation sites (N-methyl/N-ethyl adjacent to an activating group) is 1. The van der Waals surface area contributed by atoms with Crippen molar-refractivity contribution >= 4 is 29.2 Å². The van der Waals surface area contributed by atoms with Gasteiger partial charge in [-0.2, -0.15) is 4.68 Å². The predicted molar refractivity (Wildman–Crippen MR) is 163 cm³/mol. The van der Waals surface area contributed by atoms with E-state index in [1.165, 1.54) is 18.1 Å². The molecule has 0 bridgehead atoms. The van der Waals surface area contributed by atoms with Gasteiger partial charge in [-0.1, -0.05) is 25.1 Å². The number of aryl methyl sites for hydroxylation is 1. The monoisotopic (exact) mass is 604 g/mol. The number of amides is 2. The summed E-state index contributed by atoms with van der Waals surface area (Å²) >= 11 is 0. The highest BCUT2D eigenvalue weighted by Gasteiger charge is 2.27. The number of amidine groups is 1. The fraction of sp³-hybridized carbons (Fsp3) is 0.233. The van der Waals surface area contributed by atoms with Gasteiger partial charge >= 0.3 is 11.8 Å². The van der Waals surface area contributed by atoms with E-state index in [4.69, 9.17) is 15.9 Å². The molecule has 1 unspecified atom stereocenters. The molecule has 6 N–H and O–H groups in total. The number of rotatable bonds is 11. The van der Waals surface area contributed by atoms with Gasteiger partial charge in [0.05, 0.1) is 18.5 Å². The molecule has 13 nitrogen and oxygen atoms in total. The van der Waals surface area contributed by atoms with Crippen LogP contribution in [0.15, 0.2) is 65.5 Å². The average molecular weight is 605 g/mol. The van der Waals surface area contributed by atoms with Gasteiger partial charge in [0.1, 0.15) is 11.9 Å². The number of carbonyl (C=O) groups excluding carboxylic acids is 2. The third kappa shape index (κ3) is 7.03. The average Bonchev–Trinajstić information content (AvgIpc) is 3.40. The van der Waals surface area contributed by atoms with Crippen molar-refractivity contribution < 1.29 is 23.5 Å². The molecule has 0 saturated heterocycles. The molecule has 1 atom stereocenters. The molecule has 230 valence electrons. The summed E-state index contributed by atoms with van der Waals surface area (Å²) in [7, 11) is 4.35. The number of aromatic amines is 1. The third-order valence-electron chi connectivity index (χ3n) is 6.67. The maximum atomic E-state index is 16.2. The van der Waals surface area contributed by atoms with Crippen LogP contribution in [0.1, 0.15) is 35.5 Å². The summed E-state index contributed by atoms with van der Waals surface area (Å²) < 4.78 is 27.5. The third-order valence-corrected chi connectivity index (χ3v) is 6.67. The topological polar surface area (TPSA) is 180 Å². The van der Waals surface area contributed by atoms with Crippen molar-refractivity contribution in [2.24, 2.45) is 5.73 Å². The largest absolute Gasteiger partial charge is 0.481 e. The molecule has 0 radical (unpaired) electrons. The molecule has 0 aliphatic rings. The van der Waals surface area contributed by atoms with Crippen molar-refractivity contribution in [3.8, 4) is 11.4 Å². The number of para-hydroxylation sites is 2. The lowest BCUT2D eigenvalue weighted by Gasteiger charge is -2.21. The number of nitrogens with two attached hydrogens (primary N) is 1. The summed E-state index contributed by atoms with van der Waals surface area (Å²) in [5.74, 6) is -1.32. The molecule has 1 heterocycles. The summed E-state index contributed by atoms with van der Waals surface area (Å²) in [4.78, 5) is 41.4. The number of carbonyl (C=O) groups is 2. The Morgan fingerprint density at radius 3 is 2.50 bits per heavy atom. The fourth-order valence-corrected chi connectivity index (χ4v) is 4.23. The van der Waals surface area contributed by atoms with Crippen molar-refractivity contribution in [2.45, 2.75) is 19.4 Å². The first kappa shape index (κ1) is 31.3. The fourth-order valence-electron chi connectivity index (χ4n) is 4.23. The van der Waals surface area contributed by atoms with Gasteiger partial charge in [-0.3, -0.25) is 20.5 Å². The lowest BCUT2D eigenvalue weighted by molar-refractivity contribution is -0.130. The molecular formula is C30H33FN8O5. The molecule has 3 aromatic carbocycles. The standard InChI is InChI=1S/C30H33FN8O5/c1-5-17-14-20(25(31)23(15-17)44-16-24(40)38(2)3)26(34-19-12-10-18(11-13-19)27(32)33)28-36-29(41)39(37-28)22-9-7-6-8-21(22)35-30(42)43-4/h6-15,26,34H,5,16H2,1-4H3,(H3,32,33)(H,35,42)(H,36,37,41). The molecule has 44 heavy (non-hydrogen) atoms. The molecule has 2 amide bonds. The number of hydrogen-bond donors (Lipinski definition) is 5. The van der Waals surface area contributed by atoms with E-state index in [1.807, 2.05) is 6.92 Å². The van der Waals surface area contributed by atoms with Gasteiger partial charge in [0.25, 0.3) is 5.91 Å². The van der Waals surface area contributed by atoms with E-state index in [-0.39, 0.29) is 46.9 Å².